The molecule has 0 aliphatic carbocycles. The van der Waals surface area contributed by atoms with Crippen molar-refractivity contribution >= 4 is 17.5 Å². The molecular formula is C25H19N6O3. The number of nitrogens with two attached hydrogens (primary N) is 1. The second-order valence-electron chi connectivity index (χ2n) is 7.97. The molecule has 0 atom stereocenters. The molecule has 0 spiro atoms. The molecule has 0 bridgehead atoms. The number of fused-ring (bicyclic) bond motifs is 1. The van der Waals surface area contributed by atoms with E-state index in [1.54, 1.807) is 41.3 Å². The summed E-state index contributed by atoms with van der Waals surface area (Å²) in [5.74, 6) is -0.652. The molecule has 1 radical (unpaired) electrons. The Labute approximate surface area is 195 Å². The average Bonchev–Trinajstić information content (AvgIpc) is 3.32. The summed E-state index contributed by atoms with van der Waals surface area (Å²) >= 11 is 0. The van der Waals surface area contributed by atoms with Crippen molar-refractivity contribution in [3.8, 4) is 17.3 Å². The van der Waals surface area contributed by atoms with Gasteiger partial charge in [-0.15, -0.1) is 5.10 Å². The molecule has 4 aromatic rings. The highest BCUT2D eigenvalue weighted by molar-refractivity contribution is 5.99. The third-order valence-electron chi connectivity index (χ3n) is 5.78. The molecule has 1 saturated heterocycles. The Hall–Kier alpha value is -4.55. The Morgan fingerprint density at radius 3 is 2.50 bits per heavy atom. The van der Waals surface area contributed by atoms with Gasteiger partial charge in [-0.3, -0.25) is 9.59 Å². The van der Waals surface area contributed by atoms with Crippen LogP contribution < -0.4 is 5.73 Å². The summed E-state index contributed by atoms with van der Waals surface area (Å²) in [6, 6.07) is 19.9. The molecule has 34 heavy (non-hydrogen) atoms. The number of nitrogens with zero attached hydrogens (tertiary/aromatic N) is 5. The Morgan fingerprint density at radius 2 is 1.82 bits per heavy atom. The Kier molecular flexibility index (Phi) is 5.49. The van der Waals surface area contributed by atoms with Gasteiger partial charge in [-0.05, 0) is 42.0 Å². The van der Waals surface area contributed by atoms with E-state index in [9.17, 15) is 9.59 Å². The van der Waals surface area contributed by atoms with Gasteiger partial charge in [-0.1, -0.05) is 24.3 Å². The molecule has 2 amide bonds. The first-order chi connectivity index (χ1) is 16.5. The molecule has 0 unspecified atom stereocenters. The molecule has 2 aromatic heterocycles. The number of aromatic nitrogens is 3. The van der Waals surface area contributed by atoms with Crippen LogP contribution in [0, 0.1) is 17.7 Å². The van der Waals surface area contributed by atoms with Gasteiger partial charge in [0, 0.05) is 24.2 Å². The minimum Gasteiger partial charge on any atom is -0.370 e. The maximum atomic E-state index is 12.8. The fraction of sp³-hybridized carbons (Fsp3) is 0.160. The molecule has 9 heteroatoms. The normalized spacial score (nSPS) is 13.4. The van der Waals surface area contributed by atoms with Crippen molar-refractivity contribution in [3.63, 3.8) is 0 Å². The summed E-state index contributed by atoms with van der Waals surface area (Å²) in [6.07, 6.45) is 2.49. The SMILES string of the molecule is N#Cc1ccc(COC2CN(C(=O)c3ccc(-c4ccc(C(N)=O)c5n[c]nn45)cc3)C2)cc1. The molecule has 2 N–H and O–H groups in total. The van der Waals surface area contributed by atoms with Gasteiger partial charge >= 0.3 is 0 Å². The number of rotatable bonds is 6. The summed E-state index contributed by atoms with van der Waals surface area (Å²) in [5.41, 5.74) is 9.68. The predicted molar refractivity (Wildman–Crippen MR) is 121 cm³/mol. The predicted octanol–water partition coefficient (Wildman–Crippen LogP) is 2.21. The molecule has 0 saturated carbocycles. The fourth-order valence-electron chi connectivity index (χ4n) is 3.83. The fourth-order valence-corrected chi connectivity index (χ4v) is 3.83. The van der Waals surface area contributed by atoms with Crippen molar-refractivity contribution < 1.29 is 14.3 Å². The van der Waals surface area contributed by atoms with Gasteiger partial charge in [0.2, 0.25) is 6.33 Å². The van der Waals surface area contributed by atoms with Crippen molar-refractivity contribution in [1.82, 2.24) is 19.5 Å². The van der Waals surface area contributed by atoms with Gasteiger partial charge < -0.3 is 15.4 Å². The maximum absolute atomic E-state index is 12.8. The van der Waals surface area contributed by atoms with Crippen LogP contribution in [-0.2, 0) is 11.3 Å². The number of likely N-dealkylation sites (tertiary alicyclic amines) is 1. The van der Waals surface area contributed by atoms with E-state index in [1.165, 1.54) is 4.52 Å². The number of hydrogen-bond acceptors (Lipinski definition) is 6. The van der Waals surface area contributed by atoms with Crippen molar-refractivity contribution in [3.05, 3.63) is 89.2 Å². The lowest BCUT2D eigenvalue weighted by Gasteiger charge is -2.39. The number of carbonyl (C=O) groups excluding carboxylic acids is 2. The number of nitriles is 1. The summed E-state index contributed by atoms with van der Waals surface area (Å²) < 4.78 is 7.36. The zero-order valence-electron chi connectivity index (χ0n) is 18.0. The average molecular weight is 451 g/mol. The number of carbonyl (C=O) groups is 2. The third kappa shape index (κ3) is 3.98. The first-order valence-corrected chi connectivity index (χ1v) is 10.6. The largest absolute Gasteiger partial charge is 0.370 e. The van der Waals surface area contributed by atoms with E-state index in [0.717, 1.165) is 11.1 Å². The van der Waals surface area contributed by atoms with Crippen LogP contribution in [0.4, 0.5) is 0 Å². The summed E-state index contributed by atoms with van der Waals surface area (Å²) in [4.78, 5) is 30.2. The molecular weight excluding hydrogens is 432 g/mol. The van der Waals surface area contributed by atoms with E-state index in [4.69, 9.17) is 15.7 Å². The van der Waals surface area contributed by atoms with Gasteiger partial charge in [-0.2, -0.15) is 5.26 Å². The lowest BCUT2D eigenvalue weighted by Crippen LogP contribution is -2.54. The monoisotopic (exact) mass is 451 g/mol. The van der Waals surface area contributed by atoms with Crippen LogP contribution in [0.15, 0.2) is 60.7 Å². The second-order valence-corrected chi connectivity index (χ2v) is 7.97. The van der Waals surface area contributed by atoms with E-state index in [1.807, 2.05) is 24.3 Å². The molecule has 1 aliphatic rings. The van der Waals surface area contributed by atoms with Crippen LogP contribution in [-0.4, -0.2) is 50.5 Å². The topological polar surface area (TPSA) is 127 Å². The van der Waals surface area contributed by atoms with Gasteiger partial charge in [0.15, 0.2) is 5.65 Å². The van der Waals surface area contributed by atoms with E-state index in [0.29, 0.717) is 42.2 Å². The third-order valence-corrected chi connectivity index (χ3v) is 5.78. The standard InChI is InChI=1S/C25H19N6O3/c26-11-16-1-3-17(4-2-16)14-34-20-12-30(13-20)25(33)19-7-5-18(6-8-19)22-10-9-21(23(27)32)24-28-15-29-31(22)24/h1-10,20H,12-14H2,(H2,27,32). The van der Waals surface area contributed by atoms with E-state index >= 15 is 0 Å². The first kappa shape index (κ1) is 21.3. The van der Waals surface area contributed by atoms with Crippen LogP contribution in [0.1, 0.15) is 31.8 Å². The highest BCUT2D eigenvalue weighted by Crippen LogP contribution is 2.24. The van der Waals surface area contributed by atoms with Gasteiger partial charge in [0.1, 0.15) is 0 Å². The van der Waals surface area contributed by atoms with Crippen LogP contribution in [0.5, 0.6) is 0 Å². The molecule has 167 valence electrons. The van der Waals surface area contributed by atoms with Gasteiger partial charge in [0.25, 0.3) is 11.8 Å². The summed E-state index contributed by atoms with van der Waals surface area (Å²) in [7, 11) is 0. The smallest absolute Gasteiger partial charge is 0.254 e. The van der Waals surface area contributed by atoms with Crippen LogP contribution in [0.3, 0.4) is 0 Å². The van der Waals surface area contributed by atoms with E-state index in [2.05, 4.69) is 22.5 Å². The Morgan fingerprint density at radius 1 is 1.09 bits per heavy atom. The highest BCUT2D eigenvalue weighted by atomic mass is 16.5. The van der Waals surface area contributed by atoms with Crippen LogP contribution >= 0.6 is 0 Å². The van der Waals surface area contributed by atoms with Crippen LogP contribution in [0.2, 0.25) is 0 Å². The number of ether oxygens (including phenoxy) is 1. The number of pyridine rings is 1. The molecule has 2 aromatic carbocycles. The minimum absolute atomic E-state index is 0.0144. The van der Waals surface area contributed by atoms with Crippen molar-refractivity contribution in [2.45, 2.75) is 12.7 Å². The van der Waals surface area contributed by atoms with Crippen LogP contribution in [0.25, 0.3) is 16.9 Å². The lowest BCUT2D eigenvalue weighted by atomic mass is 10.0. The Bertz CT molecular complexity index is 1410. The lowest BCUT2D eigenvalue weighted by molar-refractivity contribution is -0.0503. The summed E-state index contributed by atoms with van der Waals surface area (Å²) in [6.45, 7) is 1.50. The van der Waals surface area contributed by atoms with Gasteiger partial charge in [-0.25, -0.2) is 9.50 Å². The quantitative estimate of drug-likeness (QED) is 0.479. The van der Waals surface area contributed by atoms with E-state index < -0.39 is 5.91 Å². The number of hydrogen-bond donors (Lipinski definition) is 1. The highest BCUT2D eigenvalue weighted by Gasteiger charge is 2.31. The van der Waals surface area contributed by atoms with Crippen molar-refractivity contribution in [2.24, 2.45) is 5.73 Å². The zero-order chi connectivity index (χ0) is 23.7. The molecule has 9 nitrogen and oxygen atoms in total. The second kappa shape index (κ2) is 8.77. The molecule has 5 rings (SSSR count). The zero-order valence-corrected chi connectivity index (χ0v) is 18.0. The van der Waals surface area contributed by atoms with Crippen molar-refractivity contribution in [1.29, 1.82) is 5.26 Å². The molecule has 1 aliphatic heterocycles. The Balaban J connectivity index is 1.21. The maximum Gasteiger partial charge on any atom is 0.254 e. The number of amides is 2. The minimum atomic E-state index is -0.590. The van der Waals surface area contributed by atoms with Crippen molar-refractivity contribution in [2.75, 3.05) is 13.1 Å². The summed E-state index contributed by atoms with van der Waals surface area (Å²) in [5, 5.41) is 12.9. The first-order valence-electron chi connectivity index (χ1n) is 10.6. The van der Waals surface area contributed by atoms with E-state index in [-0.39, 0.29) is 17.6 Å². The number of benzene rings is 2. The molecule has 1 fully saturated rings. The number of primary amides is 1. The molecule has 3 heterocycles. The van der Waals surface area contributed by atoms with Gasteiger partial charge in [0.05, 0.1) is 35.6 Å².